The van der Waals surface area contributed by atoms with E-state index in [2.05, 4.69) is 10.6 Å². The van der Waals surface area contributed by atoms with Gasteiger partial charge in [0.25, 0.3) is 11.8 Å². The number of nitrogens with one attached hydrogen (secondary N) is 2. The van der Waals surface area contributed by atoms with Gasteiger partial charge in [0.2, 0.25) is 5.91 Å². The summed E-state index contributed by atoms with van der Waals surface area (Å²) >= 11 is 12.1. The molecule has 1 heterocycles. The maximum absolute atomic E-state index is 12.9. The van der Waals surface area contributed by atoms with Crippen LogP contribution in [0.25, 0.3) is 0 Å². The number of halogens is 2. The molecule has 0 aromatic heterocycles. The van der Waals surface area contributed by atoms with Crippen LogP contribution in [0, 0.1) is 5.92 Å². The van der Waals surface area contributed by atoms with Crippen LogP contribution >= 0.6 is 23.2 Å². The number of likely N-dealkylation sites (tertiary alicyclic amines) is 1. The lowest BCUT2D eigenvalue weighted by Gasteiger charge is -2.36. The number of hydrogen-bond donors (Lipinski definition) is 2. The molecule has 0 saturated carbocycles. The van der Waals surface area contributed by atoms with Crippen LogP contribution in [0.1, 0.15) is 33.6 Å². The molecule has 1 fully saturated rings. The summed E-state index contributed by atoms with van der Waals surface area (Å²) in [5.41, 5.74) is 0.878. The molecule has 33 heavy (non-hydrogen) atoms. The van der Waals surface area contributed by atoms with Crippen LogP contribution in [0.3, 0.4) is 0 Å². The molecule has 0 bridgehead atoms. The molecule has 0 spiro atoms. The number of methoxy groups -OCH3 is 1. The molecule has 9 heteroatoms. The van der Waals surface area contributed by atoms with Crippen molar-refractivity contribution in [1.82, 2.24) is 15.5 Å². The second kappa shape index (κ2) is 12.0. The van der Waals surface area contributed by atoms with Crippen molar-refractivity contribution in [2.45, 2.75) is 18.9 Å². The van der Waals surface area contributed by atoms with Gasteiger partial charge in [-0.2, -0.15) is 0 Å². The smallest absolute Gasteiger partial charge is 0.253 e. The highest BCUT2D eigenvalue weighted by Crippen LogP contribution is 2.24. The maximum Gasteiger partial charge on any atom is 0.253 e. The van der Waals surface area contributed by atoms with E-state index < -0.39 is 11.9 Å². The Morgan fingerprint density at radius 2 is 1.73 bits per heavy atom. The maximum atomic E-state index is 12.9. The van der Waals surface area contributed by atoms with Gasteiger partial charge in [-0.25, -0.2) is 0 Å². The summed E-state index contributed by atoms with van der Waals surface area (Å²) in [4.78, 5) is 40.4. The van der Waals surface area contributed by atoms with Gasteiger partial charge in [-0.15, -0.1) is 0 Å². The number of nitrogens with zero attached hydrogens (tertiary/aromatic N) is 1. The highest BCUT2D eigenvalue weighted by molar-refractivity contribution is 6.33. The molecule has 2 aromatic rings. The van der Waals surface area contributed by atoms with Gasteiger partial charge in [0.1, 0.15) is 6.04 Å². The largest absolute Gasteiger partial charge is 0.383 e. The minimum Gasteiger partial charge on any atom is -0.383 e. The van der Waals surface area contributed by atoms with Crippen LogP contribution in [-0.2, 0) is 9.53 Å². The van der Waals surface area contributed by atoms with Crippen LogP contribution in [0.2, 0.25) is 10.0 Å². The number of piperidine rings is 1. The van der Waals surface area contributed by atoms with Gasteiger partial charge in [0, 0.05) is 37.3 Å². The predicted molar refractivity (Wildman–Crippen MR) is 128 cm³/mol. The molecule has 2 N–H and O–H groups in total. The molecule has 176 valence electrons. The van der Waals surface area contributed by atoms with Crippen molar-refractivity contribution >= 4 is 40.9 Å². The summed E-state index contributed by atoms with van der Waals surface area (Å²) < 4.78 is 5.00. The fraction of sp³-hybridized carbons (Fsp3) is 0.375. The quantitative estimate of drug-likeness (QED) is 0.553. The lowest BCUT2D eigenvalue weighted by Crippen LogP contribution is -2.54. The first kappa shape index (κ1) is 25.0. The molecule has 7 nitrogen and oxygen atoms in total. The lowest BCUT2D eigenvalue weighted by atomic mass is 9.88. The van der Waals surface area contributed by atoms with E-state index in [1.807, 2.05) is 0 Å². The Morgan fingerprint density at radius 1 is 1.06 bits per heavy atom. The number of ether oxygens (including phenoxy) is 1. The van der Waals surface area contributed by atoms with Crippen molar-refractivity contribution in [2.24, 2.45) is 5.92 Å². The third-order valence-corrected chi connectivity index (χ3v) is 6.26. The minimum atomic E-state index is -0.751. The number of hydrogen-bond acceptors (Lipinski definition) is 4. The Morgan fingerprint density at radius 3 is 2.36 bits per heavy atom. The molecule has 3 amide bonds. The predicted octanol–water partition coefficient (Wildman–Crippen LogP) is 3.41. The van der Waals surface area contributed by atoms with Gasteiger partial charge in [-0.1, -0.05) is 35.3 Å². The summed E-state index contributed by atoms with van der Waals surface area (Å²) in [6.45, 7) is 1.67. The lowest BCUT2D eigenvalue weighted by molar-refractivity contribution is -0.124. The molecule has 3 rings (SSSR count). The third kappa shape index (κ3) is 6.69. The standard InChI is InChI=1S/C24H27Cl2N3O4/c1-33-15-12-27-23(31)21(28-22(30)19-4-2-3-5-20(19)26)16-10-13-29(14-11-16)24(32)17-6-8-18(25)9-7-17/h2-9,16,21H,10-15H2,1H3,(H,27,31)(H,28,30)/t21-/m0/s1. The van der Waals surface area contributed by atoms with Crippen molar-refractivity contribution < 1.29 is 19.1 Å². The Bertz CT molecular complexity index is 976. The Labute approximate surface area is 203 Å². The number of carbonyl (C=O) groups is 3. The van der Waals surface area contributed by atoms with Gasteiger partial charge >= 0.3 is 0 Å². The van der Waals surface area contributed by atoms with Gasteiger partial charge in [-0.3, -0.25) is 14.4 Å². The molecule has 0 aliphatic carbocycles. The first-order valence-corrected chi connectivity index (χ1v) is 11.5. The molecule has 1 aliphatic rings. The number of rotatable bonds is 8. The van der Waals surface area contributed by atoms with Crippen molar-refractivity contribution in [3.8, 4) is 0 Å². The van der Waals surface area contributed by atoms with E-state index in [-0.39, 0.29) is 17.7 Å². The zero-order chi connectivity index (χ0) is 23.8. The van der Waals surface area contributed by atoms with Crippen molar-refractivity contribution in [2.75, 3.05) is 33.4 Å². The van der Waals surface area contributed by atoms with E-state index >= 15 is 0 Å². The van der Waals surface area contributed by atoms with E-state index in [1.54, 1.807) is 60.5 Å². The van der Waals surface area contributed by atoms with Crippen molar-refractivity contribution in [1.29, 1.82) is 0 Å². The molecule has 1 aliphatic heterocycles. The van der Waals surface area contributed by atoms with Crippen LogP contribution in [-0.4, -0.2) is 62.0 Å². The van der Waals surface area contributed by atoms with Crippen molar-refractivity contribution in [3.63, 3.8) is 0 Å². The second-order valence-electron chi connectivity index (χ2n) is 7.85. The summed E-state index contributed by atoms with van der Waals surface area (Å²) in [5, 5.41) is 6.56. The SMILES string of the molecule is COCCNC(=O)[C@@H](NC(=O)c1ccccc1Cl)C1CCN(C(=O)c2ccc(Cl)cc2)CC1. The van der Waals surface area contributed by atoms with E-state index in [0.29, 0.717) is 60.3 Å². The zero-order valence-corrected chi connectivity index (χ0v) is 19.9. The average Bonchev–Trinajstić information content (AvgIpc) is 2.83. The Balaban J connectivity index is 1.68. The molecule has 1 saturated heterocycles. The van der Waals surface area contributed by atoms with Gasteiger partial charge in [0.05, 0.1) is 17.2 Å². The van der Waals surface area contributed by atoms with Crippen LogP contribution < -0.4 is 10.6 Å². The Kier molecular flexibility index (Phi) is 9.11. The summed E-state index contributed by atoms with van der Waals surface area (Å²) in [6, 6.07) is 12.7. The average molecular weight is 492 g/mol. The Hall–Kier alpha value is -2.61. The summed E-state index contributed by atoms with van der Waals surface area (Å²) in [5.74, 6) is -0.901. The molecule has 1 atom stereocenters. The van der Waals surface area contributed by atoms with E-state index in [1.165, 1.54) is 0 Å². The normalized spacial score (nSPS) is 15.1. The van der Waals surface area contributed by atoms with E-state index in [9.17, 15) is 14.4 Å². The van der Waals surface area contributed by atoms with Gasteiger partial charge in [0.15, 0.2) is 0 Å². The fourth-order valence-corrected chi connectivity index (χ4v) is 4.21. The minimum absolute atomic E-state index is 0.0775. The summed E-state index contributed by atoms with van der Waals surface area (Å²) in [7, 11) is 1.55. The highest BCUT2D eigenvalue weighted by atomic mass is 35.5. The number of benzene rings is 2. The molecule has 0 unspecified atom stereocenters. The number of carbonyl (C=O) groups excluding carboxylic acids is 3. The van der Waals surface area contributed by atoms with E-state index in [4.69, 9.17) is 27.9 Å². The van der Waals surface area contributed by atoms with Crippen LogP contribution in [0.15, 0.2) is 48.5 Å². The van der Waals surface area contributed by atoms with E-state index in [0.717, 1.165) is 0 Å². The van der Waals surface area contributed by atoms with Crippen molar-refractivity contribution in [3.05, 3.63) is 69.7 Å². The first-order valence-electron chi connectivity index (χ1n) is 10.8. The molecular formula is C24H27Cl2N3O4. The highest BCUT2D eigenvalue weighted by Gasteiger charge is 2.34. The zero-order valence-electron chi connectivity index (χ0n) is 18.4. The second-order valence-corrected chi connectivity index (χ2v) is 8.69. The molecular weight excluding hydrogens is 465 g/mol. The molecule has 2 aromatic carbocycles. The van der Waals surface area contributed by atoms with Gasteiger partial charge < -0.3 is 20.3 Å². The summed E-state index contributed by atoms with van der Waals surface area (Å²) in [6.07, 6.45) is 1.15. The topological polar surface area (TPSA) is 87.7 Å². The fourth-order valence-electron chi connectivity index (χ4n) is 3.86. The van der Waals surface area contributed by atoms with Gasteiger partial charge in [-0.05, 0) is 55.2 Å². The van der Waals surface area contributed by atoms with Crippen LogP contribution in [0.4, 0.5) is 0 Å². The van der Waals surface area contributed by atoms with Crippen LogP contribution in [0.5, 0.6) is 0 Å². The molecule has 0 radical (unpaired) electrons. The first-order chi connectivity index (χ1) is 15.9. The third-order valence-electron chi connectivity index (χ3n) is 5.68. The monoisotopic (exact) mass is 491 g/mol. The number of amides is 3.